The van der Waals surface area contributed by atoms with Gasteiger partial charge in [0.2, 0.25) is 0 Å². The van der Waals surface area contributed by atoms with Gasteiger partial charge in [-0.15, -0.1) is 0 Å². The lowest BCUT2D eigenvalue weighted by atomic mass is 9.97. The van der Waals surface area contributed by atoms with E-state index in [4.69, 9.17) is 16.3 Å². The molecule has 0 saturated heterocycles. The highest BCUT2D eigenvalue weighted by Crippen LogP contribution is 2.29. The minimum absolute atomic E-state index is 0.218. The largest absolute Gasteiger partial charge is 0.383 e. The zero-order valence-corrected chi connectivity index (χ0v) is 20.0. The summed E-state index contributed by atoms with van der Waals surface area (Å²) in [5, 5.41) is 3.59. The Labute approximate surface area is 198 Å². The minimum Gasteiger partial charge on any atom is -0.383 e. The summed E-state index contributed by atoms with van der Waals surface area (Å²) in [5.74, 6) is 0.951. The van der Waals surface area contributed by atoms with E-state index in [1.165, 1.54) is 12.8 Å². The lowest BCUT2D eigenvalue weighted by Gasteiger charge is -2.22. The number of nitrogens with zero attached hydrogens (tertiary/aromatic N) is 2. The molecule has 2 N–H and O–H groups in total. The average Bonchev–Trinajstić information content (AvgIpc) is 3.42. The number of fused-ring (bicyclic) bond motifs is 1. The summed E-state index contributed by atoms with van der Waals surface area (Å²) in [7, 11) is 1.66. The molecule has 0 unspecified atom stereocenters. The van der Waals surface area contributed by atoms with Gasteiger partial charge in [-0.25, -0.2) is 4.98 Å². The summed E-state index contributed by atoms with van der Waals surface area (Å²) in [6, 6.07) is 7.05. The number of halogens is 1. The zero-order chi connectivity index (χ0) is 23.4. The highest BCUT2D eigenvalue weighted by molar-refractivity contribution is 6.31. The molecule has 8 heteroatoms. The Morgan fingerprint density at radius 1 is 1.30 bits per heavy atom. The van der Waals surface area contributed by atoms with Crippen LogP contribution in [0.5, 0.6) is 0 Å². The molecule has 1 aliphatic carbocycles. The van der Waals surface area contributed by atoms with Crippen LogP contribution in [-0.2, 0) is 24.1 Å². The van der Waals surface area contributed by atoms with Crippen LogP contribution in [-0.4, -0.2) is 40.7 Å². The van der Waals surface area contributed by atoms with Crippen LogP contribution in [0.1, 0.15) is 53.3 Å². The number of hydrogen-bond donors (Lipinski definition) is 2. The number of rotatable bonds is 9. The molecule has 0 spiro atoms. The van der Waals surface area contributed by atoms with Crippen LogP contribution in [0.3, 0.4) is 0 Å². The van der Waals surface area contributed by atoms with Crippen molar-refractivity contribution < 1.29 is 9.53 Å². The first-order valence-corrected chi connectivity index (χ1v) is 12.0. The molecular weight excluding hydrogens is 440 g/mol. The van der Waals surface area contributed by atoms with Gasteiger partial charge in [0.15, 0.2) is 5.43 Å². The molecule has 0 radical (unpaired) electrons. The van der Waals surface area contributed by atoms with Crippen LogP contribution in [0.4, 0.5) is 0 Å². The number of carbonyl (C=O) groups is 1. The average molecular weight is 471 g/mol. The number of aryl methyl sites for hydroxylation is 1. The standard InChI is InChI=1S/C25H31ClN4O3/c1-16-13-22(31)24(21(30(16)11-12-33-2)14-17-5-3-4-6-17)25(32)27-10-9-23-28-19-8-7-18(26)15-20(19)29-23/h7-8,13,15,17H,3-6,9-12,14H2,1-2H3,(H,27,32)(H,28,29). The second-order valence-corrected chi connectivity index (χ2v) is 9.26. The topological polar surface area (TPSA) is 89.0 Å². The van der Waals surface area contributed by atoms with Gasteiger partial charge in [0.1, 0.15) is 11.4 Å². The Kier molecular flexibility index (Phi) is 7.50. The quantitative estimate of drug-likeness (QED) is 0.494. The van der Waals surface area contributed by atoms with Crippen molar-refractivity contribution in [2.75, 3.05) is 20.3 Å². The van der Waals surface area contributed by atoms with Crippen LogP contribution < -0.4 is 10.7 Å². The number of nitrogens with one attached hydrogen (secondary N) is 2. The van der Waals surface area contributed by atoms with Crippen molar-refractivity contribution in [1.82, 2.24) is 19.9 Å². The van der Waals surface area contributed by atoms with E-state index in [2.05, 4.69) is 19.9 Å². The Hall–Kier alpha value is -2.64. The number of benzene rings is 1. The third-order valence-corrected chi connectivity index (χ3v) is 6.70. The van der Waals surface area contributed by atoms with Crippen molar-refractivity contribution in [2.45, 2.75) is 52.0 Å². The SMILES string of the molecule is COCCn1c(C)cc(=O)c(C(=O)NCCc2nc3ccc(Cl)cc3[nH]2)c1CC1CCCC1. The fraction of sp³-hybridized carbons (Fsp3) is 0.480. The highest BCUT2D eigenvalue weighted by Gasteiger charge is 2.24. The lowest BCUT2D eigenvalue weighted by molar-refractivity contribution is 0.0950. The van der Waals surface area contributed by atoms with Gasteiger partial charge >= 0.3 is 0 Å². The molecule has 1 amide bonds. The Morgan fingerprint density at radius 2 is 2.09 bits per heavy atom. The molecule has 1 aliphatic rings. The number of aromatic amines is 1. The molecule has 1 saturated carbocycles. The maximum Gasteiger partial charge on any atom is 0.257 e. The van der Waals surface area contributed by atoms with E-state index in [1.54, 1.807) is 19.2 Å². The fourth-order valence-electron chi connectivity index (χ4n) is 4.80. The number of aromatic nitrogens is 3. The Balaban J connectivity index is 1.53. The number of carbonyl (C=O) groups excluding carboxylic acids is 1. The molecule has 2 heterocycles. The van der Waals surface area contributed by atoms with E-state index in [0.717, 1.165) is 47.5 Å². The van der Waals surface area contributed by atoms with Gasteiger partial charge in [0.25, 0.3) is 5.91 Å². The number of ether oxygens (including phenoxy) is 1. The summed E-state index contributed by atoms with van der Waals surface area (Å²) >= 11 is 6.04. The first kappa shape index (κ1) is 23.5. The molecule has 0 atom stereocenters. The van der Waals surface area contributed by atoms with Gasteiger partial charge in [-0.05, 0) is 37.5 Å². The van der Waals surface area contributed by atoms with E-state index >= 15 is 0 Å². The van der Waals surface area contributed by atoms with Crippen molar-refractivity contribution >= 4 is 28.5 Å². The van der Waals surface area contributed by atoms with E-state index < -0.39 is 0 Å². The van der Waals surface area contributed by atoms with Crippen molar-refractivity contribution in [1.29, 1.82) is 0 Å². The second kappa shape index (κ2) is 10.5. The number of imidazole rings is 1. The maximum atomic E-state index is 13.2. The molecular formula is C25H31ClN4O3. The Morgan fingerprint density at radius 3 is 2.85 bits per heavy atom. The summed E-state index contributed by atoms with van der Waals surface area (Å²) in [4.78, 5) is 33.9. The molecule has 33 heavy (non-hydrogen) atoms. The number of pyridine rings is 1. The Bertz CT molecular complexity index is 1190. The van der Waals surface area contributed by atoms with Gasteiger partial charge in [0, 0.05) is 49.1 Å². The first-order valence-electron chi connectivity index (χ1n) is 11.6. The van der Waals surface area contributed by atoms with Gasteiger partial charge in [-0.1, -0.05) is 37.3 Å². The summed E-state index contributed by atoms with van der Waals surface area (Å²) in [5.41, 5.74) is 3.44. The van der Waals surface area contributed by atoms with Crippen LogP contribution in [0.15, 0.2) is 29.1 Å². The molecule has 0 bridgehead atoms. The summed E-state index contributed by atoms with van der Waals surface area (Å²) in [6.07, 6.45) is 5.98. The van der Waals surface area contributed by atoms with E-state index in [1.807, 2.05) is 19.1 Å². The molecule has 1 fully saturated rings. The smallest absolute Gasteiger partial charge is 0.257 e. The number of amides is 1. The second-order valence-electron chi connectivity index (χ2n) is 8.82. The minimum atomic E-state index is -0.321. The molecule has 176 valence electrons. The lowest BCUT2D eigenvalue weighted by Crippen LogP contribution is -2.34. The zero-order valence-electron chi connectivity index (χ0n) is 19.2. The molecule has 1 aromatic carbocycles. The molecule has 7 nitrogen and oxygen atoms in total. The van der Waals surface area contributed by atoms with E-state index in [0.29, 0.717) is 37.1 Å². The predicted octanol–water partition coefficient (Wildman–Crippen LogP) is 4.04. The molecule has 0 aliphatic heterocycles. The third kappa shape index (κ3) is 5.47. The summed E-state index contributed by atoms with van der Waals surface area (Å²) < 4.78 is 7.37. The van der Waals surface area contributed by atoms with E-state index in [9.17, 15) is 9.59 Å². The first-order chi connectivity index (χ1) is 16.0. The molecule has 2 aromatic heterocycles. The van der Waals surface area contributed by atoms with Crippen LogP contribution in [0, 0.1) is 12.8 Å². The molecule has 3 aromatic rings. The molecule has 4 rings (SSSR count). The maximum absolute atomic E-state index is 13.2. The van der Waals surface area contributed by atoms with Crippen molar-refractivity contribution in [3.8, 4) is 0 Å². The summed E-state index contributed by atoms with van der Waals surface area (Å²) in [6.45, 7) is 3.44. The monoisotopic (exact) mass is 470 g/mol. The van der Waals surface area contributed by atoms with Crippen molar-refractivity contribution in [3.05, 3.63) is 62.3 Å². The number of methoxy groups -OCH3 is 1. The number of hydrogen-bond acceptors (Lipinski definition) is 4. The van der Waals surface area contributed by atoms with Gasteiger partial charge in [-0.3, -0.25) is 9.59 Å². The number of H-pyrrole nitrogens is 1. The van der Waals surface area contributed by atoms with Crippen molar-refractivity contribution in [2.24, 2.45) is 5.92 Å². The van der Waals surface area contributed by atoms with Crippen LogP contribution >= 0.6 is 11.6 Å². The third-order valence-electron chi connectivity index (χ3n) is 6.47. The fourth-order valence-corrected chi connectivity index (χ4v) is 4.97. The normalized spacial score (nSPS) is 14.3. The van der Waals surface area contributed by atoms with E-state index in [-0.39, 0.29) is 16.9 Å². The van der Waals surface area contributed by atoms with Crippen LogP contribution in [0.2, 0.25) is 5.02 Å². The highest BCUT2D eigenvalue weighted by atomic mass is 35.5. The van der Waals surface area contributed by atoms with Gasteiger partial charge in [0.05, 0.1) is 17.6 Å². The van der Waals surface area contributed by atoms with Gasteiger partial charge in [-0.2, -0.15) is 0 Å². The van der Waals surface area contributed by atoms with Crippen LogP contribution in [0.25, 0.3) is 11.0 Å². The van der Waals surface area contributed by atoms with Crippen molar-refractivity contribution in [3.63, 3.8) is 0 Å². The van der Waals surface area contributed by atoms with Gasteiger partial charge < -0.3 is 19.6 Å². The predicted molar refractivity (Wildman–Crippen MR) is 130 cm³/mol.